The monoisotopic (exact) mass is 267 g/mol. The molecule has 1 aromatic heterocycles. The lowest BCUT2D eigenvalue weighted by molar-refractivity contribution is 0.114. The van der Waals surface area contributed by atoms with Gasteiger partial charge in [0.2, 0.25) is 0 Å². The zero-order valence-electron chi connectivity index (χ0n) is 12.3. The van der Waals surface area contributed by atoms with Gasteiger partial charge in [0.05, 0.1) is 6.10 Å². The molecule has 1 rings (SSSR count). The third-order valence-electron chi connectivity index (χ3n) is 3.50. The maximum atomic E-state index is 12.1. The van der Waals surface area contributed by atoms with Crippen LogP contribution in [0.25, 0.3) is 0 Å². The molecule has 2 N–H and O–H groups in total. The zero-order chi connectivity index (χ0) is 14.4. The van der Waals surface area contributed by atoms with E-state index >= 15 is 0 Å². The molecule has 5 nitrogen and oxygen atoms in total. The summed E-state index contributed by atoms with van der Waals surface area (Å²) in [5, 5.41) is 13.0. The van der Waals surface area contributed by atoms with Crippen LogP contribution in [0, 0.1) is 5.92 Å². The highest BCUT2D eigenvalue weighted by Gasteiger charge is 2.16. The molecule has 0 spiro atoms. The molecular formula is C14H25N3O2. The van der Waals surface area contributed by atoms with Gasteiger partial charge < -0.3 is 15.0 Å². The summed E-state index contributed by atoms with van der Waals surface area (Å²) in [6.45, 7) is 8.37. The van der Waals surface area contributed by atoms with Gasteiger partial charge in [-0.3, -0.25) is 4.79 Å². The van der Waals surface area contributed by atoms with Gasteiger partial charge in [0.15, 0.2) is 5.82 Å². The van der Waals surface area contributed by atoms with E-state index in [2.05, 4.69) is 24.1 Å². The summed E-state index contributed by atoms with van der Waals surface area (Å²) in [7, 11) is 0. The molecule has 1 unspecified atom stereocenters. The second-order valence-electron chi connectivity index (χ2n) is 5.11. The van der Waals surface area contributed by atoms with E-state index in [4.69, 9.17) is 0 Å². The van der Waals surface area contributed by atoms with Crippen LogP contribution < -0.4 is 10.9 Å². The smallest absolute Gasteiger partial charge is 0.293 e. The topological polar surface area (TPSA) is 67.2 Å². The van der Waals surface area contributed by atoms with Gasteiger partial charge in [-0.2, -0.15) is 0 Å². The summed E-state index contributed by atoms with van der Waals surface area (Å²) in [6, 6.07) is 0.0972. The van der Waals surface area contributed by atoms with E-state index in [0.29, 0.717) is 12.4 Å². The molecule has 0 radical (unpaired) electrons. The van der Waals surface area contributed by atoms with Crippen molar-refractivity contribution in [2.45, 2.75) is 52.7 Å². The average molecular weight is 267 g/mol. The molecule has 0 aromatic carbocycles. The van der Waals surface area contributed by atoms with Crippen LogP contribution in [-0.4, -0.2) is 27.3 Å². The number of rotatable bonds is 7. The van der Waals surface area contributed by atoms with Crippen molar-refractivity contribution in [3.05, 3.63) is 22.7 Å². The second kappa shape index (κ2) is 7.28. The van der Waals surface area contributed by atoms with Crippen LogP contribution in [0.4, 0.5) is 5.82 Å². The molecule has 19 heavy (non-hydrogen) atoms. The van der Waals surface area contributed by atoms with Crippen LogP contribution in [0.2, 0.25) is 0 Å². The highest BCUT2D eigenvalue weighted by Crippen LogP contribution is 2.13. The minimum absolute atomic E-state index is 0.0972. The van der Waals surface area contributed by atoms with Crippen molar-refractivity contribution in [1.29, 1.82) is 0 Å². The van der Waals surface area contributed by atoms with E-state index in [1.807, 2.05) is 13.8 Å². The predicted octanol–water partition coefficient (Wildman–Crippen LogP) is 2.03. The Morgan fingerprint density at radius 1 is 1.37 bits per heavy atom. The van der Waals surface area contributed by atoms with Gasteiger partial charge in [-0.05, 0) is 19.8 Å². The van der Waals surface area contributed by atoms with E-state index in [1.54, 1.807) is 17.0 Å². The molecule has 1 atom stereocenters. The molecule has 1 heterocycles. The molecular weight excluding hydrogens is 242 g/mol. The summed E-state index contributed by atoms with van der Waals surface area (Å²) in [6.07, 6.45) is 4.68. The van der Waals surface area contributed by atoms with Crippen molar-refractivity contribution in [2.75, 3.05) is 11.9 Å². The van der Waals surface area contributed by atoms with E-state index < -0.39 is 6.10 Å². The number of nitrogens with one attached hydrogen (secondary N) is 1. The van der Waals surface area contributed by atoms with Crippen molar-refractivity contribution >= 4 is 5.82 Å². The molecule has 0 saturated heterocycles. The van der Waals surface area contributed by atoms with Gasteiger partial charge in [-0.1, -0.05) is 26.7 Å². The molecule has 1 aromatic rings. The number of aliphatic hydroxyl groups is 1. The Bertz CT molecular complexity index is 439. The quantitative estimate of drug-likeness (QED) is 0.793. The Morgan fingerprint density at radius 2 is 2.00 bits per heavy atom. The van der Waals surface area contributed by atoms with Crippen LogP contribution in [0.15, 0.2) is 17.2 Å². The highest BCUT2D eigenvalue weighted by molar-refractivity contribution is 5.31. The number of anilines is 1. The van der Waals surface area contributed by atoms with Gasteiger partial charge >= 0.3 is 0 Å². The van der Waals surface area contributed by atoms with Crippen molar-refractivity contribution in [2.24, 2.45) is 5.92 Å². The Morgan fingerprint density at radius 3 is 2.53 bits per heavy atom. The molecule has 0 amide bonds. The van der Waals surface area contributed by atoms with E-state index in [0.717, 1.165) is 12.8 Å². The largest absolute Gasteiger partial charge is 0.391 e. The summed E-state index contributed by atoms with van der Waals surface area (Å²) in [5.74, 6) is 0.560. The van der Waals surface area contributed by atoms with Gasteiger partial charge in [0.25, 0.3) is 5.56 Å². The number of hydrogen-bond acceptors (Lipinski definition) is 4. The number of hydrogen-bond donors (Lipinski definition) is 2. The molecule has 0 saturated carbocycles. The minimum atomic E-state index is -0.455. The number of nitrogens with zero attached hydrogens (tertiary/aromatic N) is 2. The Labute approximate surface area is 114 Å². The summed E-state index contributed by atoms with van der Waals surface area (Å²) in [4.78, 5) is 16.1. The first-order valence-corrected chi connectivity index (χ1v) is 7.00. The lowest BCUT2D eigenvalue weighted by Gasteiger charge is -2.20. The minimum Gasteiger partial charge on any atom is -0.391 e. The standard InChI is InChI=1S/C14H25N3O2/c1-5-11(6-2)12(18)9-16-13-14(19)17(10(3)4)8-7-15-13/h7-8,10-12,18H,5-6,9H2,1-4H3,(H,15,16). The average Bonchev–Trinajstić information content (AvgIpc) is 2.38. The molecule has 0 bridgehead atoms. The molecule has 108 valence electrons. The maximum absolute atomic E-state index is 12.1. The van der Waals surface area contributed by atoms with Gasteiger partial charge in [-0.15, -0.1) is 0 Å². The van der Waals surface area contributed by atoms with Crippen molar-refractivity contribution in [3.63, 3.8) is 0 Å². The van der Waals surface area contributed by atoms with Crippen LogP contribution >= 0.6 is 0 Å². The summed E-state index contributed by atoms with van der Waals surface area (Å²) >= 11 is 0. The summed E-state index contributed by atoms with van der Waals surface area (Å²) in [5.41, 5.74) is -0.144. The van der Waals surface area contributed by atoms with Crippen molar-refractivity contribution in [3.8, 4) is 0 Å². The Balaban J connectivity index is 2.73. The Hall–Kier alpha value is -1.36. The molecule has 5 heteroatoms. The first-order chi connectivity index (χ1) is 9.01. The molecule has 0 aliphatic carbocycles. The molecule has 0 aliphatic rings. The van der Waals surface area contributed by atoms with Gasteiger partial charge in [0, 0.05) is 25.0 Å². The van der Waals surface area contributed by atoms with E-state index in [1.165, 1.54) is 0 Å². The van der Waals surface area contributed by atoms with Crippen molar-refractivity contribution < 1.29 is 5.11 Å². The van der Waals surface area contributed by atoms with E-state index in [9.17, 15) is 9.90 Å². The Kier molecular flexibility index (Phi) is 6.02. The number of aliphatic hydroxyl groups excluding tert-OH is 1. The number of aromatic nitrogens is 2. The highest BCUT2D eigenvalue weighted by atomic mass is 16.3. The predicted molar refractivity (Wildman–Crippen MR) is 77.5 cm³/mol. The van der Waals surface area contributed by atoms with Crippen LogP contribution in [0.3, 0.4) is 0 Å². The third kappa shape index (κ3) is 4.06. The van der Waals surface area contributed by atoms with Crippen LogP contribution in [0.5, 0.6) is 0 Å². The van der Waals surface area contributed by atoms with Crippen molar-refractivity contribution in [1.82, 2.24) is 9.55 Å². The zero-order valence-corrected chi connectivity index (χ0v) is 12.3. The van der Waals surface area contributed by atoms with Gasteiger partial charge in [0.1, 0.15) is 0 Å². The fraction of sp³-hybridized carbons (Fsp3) is 0.714. The first kappa shape index (κ1) is 15.7. The lowest BCUT2D eigenvalue weighted by atomic mass is 9.97. The SMILES string of the molecule is CCC(CC)C(O)CNc1nccn(C(C)C)c1=O. The fourth-order valence-electron chi connectivity index (χ4n) is 2.15. The second-order valence-corrected chi connectivity index (χ2v) is 5.11. The normalized spacial score (nSPS) is 13.0. The first-order valence-electron chi connectivity index (χ1n) is 7.00. The molecule has 0 fully saturated rings. The van der Waals surface area contributed by atoms with Gasteiger partial charge in [-0.25, -0.2) is 4.98 Å². The maximum Gasteiger partial charge on any atom is 0.293 e. The fourth-order valence-corrected chi connectivity index (χ4v) is 2.15. The van der Waals surface area contributed by atoms with Crippen LogP contribution in [-0.2, 0) is 0 Å². The molecule has 0 aliphatic heterocycles. The van der Waals surface area contributed by atoms with E-state index in [-0.39, 0.29) is 17.5 Å². The lowest BCUT2D eigenvalue weighted by Crippen LogP contribution is -2.32. The summed E-state index contributed by atoms with van der Waals surface area (Å²) < 4.78 is 1.62. The third-order valence-corrected chi connectivity index (χ3v) is 3.50. The van der Waals surface area contributed by atoms with Crippen LogP contribution in [0.1, 0.15) is 46.6 Å².